The third kappa shape index (κ3) is 36.2. The van der Waals surface area contributed by atoms with Gasteiger partial charge in [0.05, 0.1) is 17.0 Å². The summed E-state index contributed by atoms with van der Waals surface area (Å²) in [6, 6.07) is 47.7. The largest absolute Gasteiger partial charge is 0.514 e. The Morgan fingerprint density at radius 3 is 1.17 bits per heavy atom. The van der Waals surface area contributed by atoms with E-state index in [9.17, 15) is 72.4 Å². The number of nitrogens with zero attached hydrogens (tertiary/aromatic N) is 2. The maximum absolute atomic E-state index is 13.7. The minimum absolute atomic E-state index is 0.0187. The smallest absolute Gasteiger partial charge is 0.449 e. The number of alkyl carbamates (subject to hydrolysis) is 3. The van der Waals surface area contributed by atoms with Crippen molar-refractivity contribution in [2.24, 2.45) is 41.0 Å². The van der Waals surface area contributed by atoms with Crippen LogP contribution in [0.1, 0.15) is 190 Å². The van der Waals surface area contributed by atoms with Crippen molar-refractivity contribution < 1.29 is 95.7 Å². The molecule has 0 unspecified atom stereocenters. The number of carbonyl (C=O) groups excluding carboxylic acids is 13. The Balaban J connectivity index is 0.000000325. The second-order valence-corrected chi connectivity index (χ2v) is 33.3. The highest BCUT2D eigenvalue weighted by Crippen LogP contribution is 2.46. The molecule has 15 N–H and O–H groups in total. The number of carbonyl (C=O) groups is 13. The van der Waals surface area contributed by atoms with Crippen LogP contribution in [0, 0.1) is 33.8 Å². The predicted molar refractivity (Wildman–Crippen MR) is 493 cm³/mol. The third-order valence-corrected chi connectivity index (χ3v) is 21.2. The first-order valence-electron chi connectivity index (χ1n) is 44.0. The lowest BCUT2D eigenvalue weighted by atomic mass is 9.89. The molecular weight excluding hydrogens is 1690 g/mol. The molecule has 0 aromatic heterocycles. The van der Waals surface area contributed by atoms with Gasteiger partial charge in [0.2, 0.25) is 23.6 Å². The van der Waals surface area contributed by atoms with E-state index >= 15 is 0 Å². The number of fused-ring (bicyclic) bond motifs is 6. The summed E-state index contributed by atoms with van der Waals surface area (Å²) >= 11 is 0. The van der Waals surface area contributed by atoms with Crippen LogP contribution in [0.2, 0.25) is 0 Å². The molecule has 704 valence electrons. The van der Waals surface area contributed by atoms with Gasteiger partial charge in [0.15, 0.2) is 11.6 Å². The highest BCUT2D eigenvalue weighted by molar-refractivity contribution is 5.99. The van der Waals surface area contributed by atoms with Gasteiger partial charge in [-0.15, -0.1) is 0 Å². The molecule has 0 heterocycles. The average Bonchev–Trinajstić information content (AvgIpc) is 1.62. The number of primary amides is 2. The molecule has 0 fully saturated rings. The number of Topliss-reactive ketones (excluding diaryl/α,β-unsaturated/α-hetero) is 2. The summed E-state index contributed by atoms with van der Waals surface area (Å²) < 4.78 is 31.4. The van der Waals surface area contributed by atoms with Crippen molar-refractivity contribution in [3.63, 3.8) is 0 Å². The van der Waals surface area contributed by atoms with Crippen LogP contribution in [-0.2, 0) is 65.7 Å². The second-order valence-electron chi connectivity index (χ2n) is 33.3. The lowest BCUT2D eigenvalue weighted by molar-refractivity contribution is -0.384. The van der Waals surface area contributed by atoms with Gasteiger partial charge in [-0.1, -0.05) is 162 Å². The van der Waals surface area contributed by atoms with Crippen molar-refractivity contribution in [2.45, 2.75) is 188 Å². The molecule has 0 saturated carbocycles. The number of urea groups is 2. The molecule has 35 nitrogen and oxygen atoms in total. The van der Waals surface area contributed by atoms with E-state index in [1.165, 1.54) is 31.3 Å². The molecule has 2 aliphatic carbocycles. The lowest BCUT2D eigenvalue weighted by Gasteiger charge is -2.24. The number of hydrogen-bond donors (Lipinski definition) is 12. The number of hydrazine groups is 1. The number of nitrogens with one attached hydrogen (secondary N) is 9. The molecule has 131 heavy (non-hydrogen) atoms. The maximum Gasteiger partial charge on any atom is 0.514 e. The Morgan fingerprint density at radius 1 is 0.458 bits per heavy atom. The van der Waals surface area contributed by atoms with Gasteiger partial charge in [-0.3, -0.25) is 38.9 Å². The van der Waals surface area contributed by atoms with Crippen LogP contribution in [0.25, 0.3) is 22.3 Å². The zero-order chi connectivity index (χ0) is 95.5. The Labute approximate surface area is 763 Å². The Hall–Kier alpha value is -14.0. The summed E-state index contributed by atoms with van der Waals surface area (Å²) in [5.41, 5.74) is 21.2. The first-order chi connectivity index (χ1) is 62.6. The van der Waals surface area contributed by atoms with E-state index in [2.05, 4.69) is 96.4 Å². The molecule has 9 rings (SSSR count). The SMILES string of the molecule is CC(C)[C@H](NC(=O)CCCCCNC(=O)OCC1c2ccccc2-c2ccccc21)C(=O)C[C@@H](CCCNC(N)=O)C(=O)Nc1ccc(COC(=O)Oc2ccc([N+](=O)[O-])cc2)cc1.CCNC(=O)OCc1ccc(NC(=O)[C@H](CCCNC(N)=O)CC(=O)[C@@H](NC(=O)CCCCCNC(=O)OCC2c3ccccc3-c3ccccc32)C(C)C)cc1.CN(N)C(=O)OC(C)(C)C. The van der Waals surface area contributed by atoms with Crippen molar-refractivity contribution >= 4 is 94.8 Å². The topological polar surface area (TPSA) is 510 Å². The molecule has 0 spiro atoms. The predicted octanol–water partition coefficient (Wildman–Crippen LogP) is 14.4. The number of benzene rings is 7. The Morgan fingerprint density at radius 2 is 0.824 bits per heavy atom. The van der Waals surface area contributed by atoms with Gasteiger partial charge < -0.3 is 87.7 Å². The van der Waals surface area contributed by atoms with E-state index in [-0.39, 0.29) is 136 Å². The monoisotopic (exact) mass is 1810 g/mol. The van der Waals surface area contributed by atoms with Crippen LogP contribution < -0.4 is 69.9 Å². The first kappa shape index (κ1) is 104. The number of nitro groups is 1. The Kier molecular flexibility index (Phi) is 42.7. The number of nitrogens with two attached hydrogens (primary N) is 3. The van der Waals surface area contributed by atoms with Crippen LogP contribution in [-0.4, -0.2) is 158 Å². The van der Waals surface area contributed by atoms with Gasteiger partial charge >= 0.3 is 42.6 Å². The summed E-state index contributed by atoms with van der Waals surface area (Å²) in [5, 5.41) is 36.3. The third-order valence-electron chi connectivity index (χ3n) is 21.2. The zero-order valence-corrected chi connectivity index (χ0v) is 75.7. The molecule has 12 amide bonds. The highest BCUT2D eigenvalue weighted by Gasteiger charge is 2.35. The summed E-state index contributed by atoms with van der Waals surface area (Å²) in [4.78, 5) is 172. The fraction of sp³-hybridized carbons (Fsp3) is 0.427. The number of unbranched alkanes of at least 4 members (excludes halogenated alkanes) is 4. The van der Waals surface area contributed by atoms with Gasteiger partial charge in [-0.2, -0.15) is 0 Å². The molecule has 7 aromatic rings. The summed E-state index contributed by atoms with van der Waals surface area (Å²) in [7, 11) is 1.44. The fourth-order valence-corrected chi connectivity index (χ4v) is 14.5. The number of non-ortho nitro benzene ring substituents is 1. The van der Waals surface area contributed by atoms with Crippen LogP contribution >= 0.6 is 0 Å². The average molecular weight is 1810 g/mol. The summed E-state index contributed by atoms with van der Waals surface area (Å²) in [5.74, 6) is 1.11. The van der Waals surface area contributed by atoms with E-state index in [0.29, 0.717) is 94.4 Å². The van der Waals surface area contributed by atoms with E-state index in [0.717, 1.165) is 55.1 Å². The van der Waals surface area contributed by atoms with Crippen molar-refractivity contribution in [3.05, 3.63) is 213 Å². The number of nitro benzene ring substituents is 1. The van der Waals surface area contributed by atoms with Crippen molar-refractivity contribution in [1.29, 1.82) is 0 Å². The second kappa shape index (κ2) is 53.7. The van der Waals surface area contributed by atoms with Crippen molar-refractivity contribution in [3.8, 4) is 28.0 Å². The molecule has 0 saturated heterocycles. The normalized spacial score (nSPS) is 12.5. The van der Waals surface area contributed by atoms with Gasteiger partial charge in [0.25, 0.3) is 5.69 Å². The van der Waals surface area contributed by atoms with Crippen molar-refractivity contribution in [2.75, 3.05) is 63.6 Å². The minimum atomic E-state index is -1.02. The van der Waals surface area contributed by atoms with E-state index in [1.54, 1.807) is 76.2 Å². The number of ether oxygens (including phenoxy) is 6. The van der Waals surface area contributed by atoms with Crippen LogP contribution in [0.5, 0.6) is 5.75 Å². The lowest BCUT2D eigenvalue weighted by Crippen LogP contribution is -2.45. The molecule has 7 aromatic carbocycles. The minimum Gasteiger partial charge on any atom is -0.449 e. The number of amides is 12. The van der Waals surface area contributed by atoms with Gasteiger partial charge in [-0.25, -0.2) is 44.4 Å². The van der Waals surface area contributed by atoms with Crippen LogP contribution in [0.15, 0.2) is 170 Å². The van der Waals surface area contributed by atoms with Gasteiger partial charge in [0.1, 0.15) is 37.8 Å². The molecular formula is C96H124N14O21. The first-order valence-corrected chi connectivity index (χ1v) is 44.0. The molecule has 0 bridgehead atoms. The maximum atomic E-state index is 13.7. The molecule has 4 atom stereocenters. The van der Waals surface area contributed by atoms with Gasteiger partial charge in [-0.05, 0) is 183 Å². The molecule has 2 aliphatic rings. The number of rotatable bonds is 45. The van der Waals surface area contributed by atoms with Crippen LogP contribution in [0.3, 0.4) is 0 Å². The number of ketones is 2. The van der Waals surface area contributed by atoms with E-state index in [4.69, 9.17) is 45.7 Å². The fourth-order valence-electron chi connectivity index (χ4n) is 14.5. The molecule has 0 aliphatic heterocycles. The highest BCUT2D eigenvalue weighted by atomic mass is 16.7. The molecule has 35 heteroatoms. The summed E-state index contributed by atoms with van der Waals surface area (Å²) in [6.07, 6.45) is 2.04. The Bertz CT molecular complexity index is 4890. The van der Waals surface area contributed by atoms with E-state index < -0.39 is 82.9 Å². The molecule has 0 radical (unpaired) electrons. The quantitative estimate of drug-likeness (QED) is 0.00246. The standard InChI is InChI=1S/C47H54N6O11.C43H56N6O8.C6H14N2O2/c1-30(2)43(52-42(55)16-4-3-9-25-50-46(58)62-29-40-38-14-7-5-12-36(38)37-13-6-8-15-39(37)40)41(54)27-32(11-10-26-49-45(48)57)44(56)51-33-19-17-31(18-20-33)28-63-47(59)64-35-23-21-34(22-24-35)53(60)61;1-4-45-42(54)56-26-29-19-21-31(22-20-29)48-40(52)30(13-12-24-46-41(44)53)25-37(50)39(28(2)3)49-38(51)18-6-5-11-23-47-43(55)57-27-36-34-16-9-7-14-32(34)33-15-8-10-17-35(33)36;1-6(2,3)10-5(9)8(4)7/h5-8,12-15,17-24,30,32,40,43H,3-4,9-11,16,25-29H2,1-2H3,(H,50,58)(H,51,56)(H,52,55)(H3,48,49,57);7-10,14-17,19-22,28,30,36,39H,4-6,11-13,18,23-27H2,1-3H3,(H,45,54)(H,47,55)(H,48,52)(H,49,51)(H3,44,46,53);7H2,1-4H3/t32-,43+;30-,39+;/m11./s1. The zero-order valence-electron chi connectivity index (χ0n) is 75.7. The summed E-state index contributed by atoms with van der Waals surface area (Å²) in [6.45, 7) is 16.5. The number of anilines is 2. The van der Waals surface area contributed by atoms with E-state index in [1.807, 2.05) is 76.2 Å². The van der Waals surface area contributed by atoms with Gasteiger partial charge in [0, 0.05) is 113 Å². The van der Waals surface area contributed by atoms with Crippen LogP contribution in [0.4, 0.5) is 50.6 Å². The number of hydrogen-bond acceptors (Lipinski definition) is 22. The van der Waals surface area contributed by atoms with Crippen molar-refractivity contribution in [1.82, 2.24) is 42.2 Å².